The highest BCUT2D eigenvalue weighted by molar-refractivity contribution is 7.09. The third kappa shape index (κ3) is 2.56. The number of amides is 1. The largest absolute Gasteiger partial charge is 0.350 e. The van der Waals surface area contributed by atoms with E-state index in [1.165, 1.54) is 0 Å². The van der Waals surface area contributed by atoms with Gasteiger partial charge in [0.1, 0.15) is 0 Å². The first-order valence-electron chi connectivity index (χ1n) is 5.41. The van der Waals surface area contributed by atoms with Gasteiger partial charge in [-0.1, -0.05) is 13.8 Å². The maximum absolute atomic E-state index is 11.5. The Balaban J connectivity index is 1.80. The molecule has 15 heavy (non-hydrogen) atoms. The molecule has 2 rings (SSSR count). The smallest absolute Gasteiger partial charge is 0.223 e. The first kappa shape index (κ1) is 10.6. The zero-order chi connectivity index (χ0) is 10.8. The van der Waals surface area contributed by atoms with Crippen molar-refractivity contribution in [3.8, 4) is 0 Å². The molecule has 1 amide bonds. The van der Waals surface area contributed by atoms with Crippen LogP contribution in [0.1, 0.15) is 31.0 Å². The van der Waals surface area contributed by atoms with Crippen molar-refractivity contribution in [1.82, 2.24) is 10.3 Å². The summed E-state index contributed by atoms with van der Waals surface area (Å²) in [5.41, 5.74) is 0.985. The van der Waals surface area contributed by atoms with Gasteiger partial charge in [-0.2, -0.15) is 0 Å². The van der Waals surface area contributed by atoms with Crippen LogP contribution in [0, 0.1) is 11.8 Å². The Morgan fingerprint density at radius 3 is 3.00 bits per heavy atom. The summed E-state index contributed by atoms with van der Waals surface area (Å²) in [6.45, 7) is 4.79. The van der Waals surface area contributed by atoms with E-state index in [2.05, 4.69) is 24.1 Å². The van der Waals surface area contributed by atoms with E-state index in [4.69, 9.17) is 0 Å². The van der Waals surface area contributed by atoms with Crippen LogP contribution in [-0.2, 0) is 17.8 Å². The van der Waals surface area contributed by atoms with E-state index >= 15 is 0 Å². The normalized spacial score (nSPS) is 23.9. The third-order valence-corrected chi connectivity index (χ3v) is 3.83. The molecule has 4 heteroatoms. The predicted octanol–water partition coefficient (Wildman–Crippen LogP) is 1.98. The minimum Gasteiger partial charge on any atom is -0.350 e. The van der Waals surface area contributed by atoms with Gasteiger partial charge < -0.3 is 5.32 Å². The van der Waals surface area contributed by atoms with E-state index in [1.807, 2.05) is 5.38 Å². The summed E-state index contributed by atoms with van der Waals surface area (Å²) in [6, 6.07) is 0. The lowest BCUT2D eigenvalue weighted by molar-refractivity contribution is -0.122. The lowest BCUT2D eigenvalue weighted by Gasteiger charge is -2.01. The van der Waals surface area contributed by atoms with Crippen LogP contribution in [-0.4, -0.2) is 10.9 Å². The fourth-order valence-corrected chi connectivity index (χ4v) is 2.33. The highest BCUT2D eigenvalue weighted by Crippen LogP contribution is 2.37. The van der Waals surface area contributed by atoms with Gasteiger partial charge in [0.05, 0.1) is 17.2 Å². The molecule has 3 nitrogen and oxygen atoms in total. The van der Waals surface area contributed by atoms with E-state index in [9.17, 15) is 4.79 Å². The van der Waals surface area contributed by atoms with E-state index in [-0.39, 0.29) is 11.8 Å². The topological polar surface area (TPSA) is 42.0 Å². The summed E-state index contributed by atoms with van der Waals surface area (Å²) >= 11 is 1.66. The lowest BCUT2D eigenvalue weighted by atomic mass is 10.3. The van der Waals surface area contributed by atoms with Crippen molar-refractivity contribution in [3.63, 3.8) is 0 Å². The molecule has 1 aromatic rings. The van der Waals surface area contributed by atoms with Gasteiger partial charge in [0.15, 0.2) is 0 Å². The molecule has 0 aromatic carbocycles. The van der Waals surface area contributed by atoms with Crippen LogP contribution in [0.25, 0.3) is 0 Å². The van der Waals surface area contributed by atoms with E-state index < -0.39 is 0 Å². The molecule has 1 heterocycles. The van der Waals surface area contributed by atoms with Gasteiger partial charge in [-0.15, -0.1) is 11.3 Å². The first-order valence-corrected chi connectivity index (χ1v) is 6.29. The Morgan fingerprint density at radius 1 is 1.73 bits per heavy atom. The molecule has 1 aromatic heterocycles. The van der Waals surface area contributed by atoms with Crippen molar-refractivity contribution in [2.24, 2.45) is 11.8 Å². The number of thiazole rings is 1. The summed E-state index contributed by atoms with van der Waals surface area (Å²) in [5, 5.41) is 6.10. The van der Waals surface area contributed by atoms with E-state index in [1.54, 1.807) is 11.3 Å². The number of aromatic nitrogens is 1. The van der Waals surface area contributed by atoms with Gasteiger partial charge in [0.2, 0.25) is 5.91 Å². The second kappa shape index (κ2) is 4.31. The molecule has 2 atom stereocenters. The first-order chi connectivity index (χ1) is 7.20. The standard InChI is InChI=1S/C11H16N2OS/c1-3-10-13-8(6-15-10)5-12-11(14)9-4-7(9)2/h6-7,9H,3-5H2,1-2H3,(H,12,14)/t7-,9+/m1/s1. The van der Waals surface area contributed by atoms with E-state index in [0.717, 1.165) is 23.5 Å². The second-order valence-corrected chi connectivity index (χ2v) is 5.07. The number of nitrogens with zero attached hydrogens (tertiary/aromatic N) is 1. The fourth-order valence-electron chi connectivity index (χ4n) is 1.59. The maximum atomic E-state index is 11.5. The third-order valence-electron chi connectivity index (χ3n) is 2.79. The molecule has 0 radical (unpaired) electrons. The molecule has 1 aliphatic rings. The lowest BCUT2D eigenvalue weighted by Crippen LogP contribution is -2.24. The number of aryl methyl sites for hydroxylation is 1. The highest BCUT2D eigenvalue weighted by Gasteiger charge is 2.38. The SMILES string of the molecule is CCc1nc(CNC(=O)[C@H]2C[C@H]2C)cs1. The Hall–Kier alpha value is -0.900. The maximum Gasteiger partial charge on any atom is 0.223 e. The van der Waals surface area contributed by atoms with Crippen LogP contribution in [0.4, 0.5) is 0 Å². The van der Waals surface area contributed by atoms with Crippen LogP contribution in [0.5, 0.6) is 0 Å². The monoisotopic (exact) mass is 224 g/mol. The molecular weight excluding hydrogens is 208 g/mol. The molecule has 0 spiro atoms. The molecule has 1 aliphatic carbocycles. The molecule has 0 unspecified atom stereocenters. The van der Waals surface area contributed by atoms with Gasteiger partial charge in [-0.05, 0) is 18.8 Å². The Labute approximate surface area is 93.9 Å². The number of hydrogen-bond donors (Lipinski definition) is 1. The summed E-state index contributed by atoms with van der Waals surface area (Å²) < 4.78 is 0. The van der Waals surface area contributed by atoms with Crippen molar-refractivity contribution in [2.45, 2.75) is 33.2 Å². The predicted molar refractivity (Wildman–Crippen MR) is 60.6 cm³/mol. The summed E-state index contributed by atoms with van der Waals surface area (Å²) in [6.07, 6.45) is 2.02. The van der Waals surface area contributed by atoms with Gasteiger partial charge in [0, 0.05) is 11.3 Å². The molecule has 0 aliphatic heterocycles. The molecule has 1 saturated carbocycles. The van der Waals surface area contributed by atoms with Gasteiger partial charge in [-0.25, -0.2) is 4.98 Å². The van der Waals surface area contributed by atoms with Crippen molar-refractivity contribution < 1.29 is 4.79 Å². The minimum absolute atomic E-state index is 0.188. The summed E-state index contributed by atoms with van der Waals surface area (Å²) in [7, 11) is 0. The van der Waals surface area contributed by atoms with Crippen molar-refractivity contribution >= 4 is 17.2 Å². The Morgan fingerprint density at radius 2 is 2.47 bits per heavy atom. The molecule has 1 fully saturated rings. The summed E-state index contributed by atoms with van der Waals surface area (Å²) in [4.78, 5) is 15.9. The van der Waals surface area contributed by atoms with Crippen molar-refractivity contribution in [3.05, 3.63) is 16.1 Å². The zero-order valence-corrected chi connectivity index (χ0v) is 9.93. The van der Waals surface area contributed by atoms with Crippen LogP contribution < -0.4 is 5.32 Å². The van der Waals surface area contributed by atoms with Crippen molar-refractivity contribution in [1.29, 1.82) is 0 Å². The molecule has 0 saturated heterocycles. The van der Waals surface area contributed by atoms with Gasteiger partial charge >= 0.3 is 0 Å². The average molecular weight is 224 g/mol. The van der Waals surface area contributed by atoms with Crippen LogP contribution in [0.2, 0.25) is 0 Å². The Bertz CT molecular complexity index is 361. The number of hydrogen-bond acceptors (Lipinski definition) is 3. The zero-order valence-electron chi connectivity index (χ0n) is 9.12. The number of carbonyl (C=O) groups excluding carboxylic acids is 1. The minimum atomic E-state index is 0.188. The quantitative estimate of drug-likeness (QED) is 0.849. The number of carbonyl (C=O) groups is 1. The molecule has 1 N–H and O–H groups in total. The molecule has 0 bridgehead atoms. The highest BCUT2D eigenvalue weighted by atomic mass is 32.1. The second-order valence-electron chi connectivity index (χ2n) is 4.12. The number of nitrogens with one attached hydrogen (secondary N) is 1. The van der Waals surface area contributed by atoms with Crippen LogP contribution >= 0.6 is 11.3 Å². The average Bonchev–Trinajstić information content (AvgIpc) is 2.81. The summed E-state index contributed by atoms with van der Waals surface area (Å²) in [5.74, 6) is 1.02. The Kier molecular flexibility index (Phi) is 3.05. The van der Waals surface area contributed by atoms with Gasteiger partial charge in [0.25, 0.3) is 0 Å². The van der Waals surface area contributed by atoms with Gasteiger partial charge in [-0.3, -0.25) is 4.79 Å². The number of rotatable bonds is 4. The fraction of sp³-hybridized carbons (Fsp3) is 0.636. The molecule has 82 valence electrons. The van der Waals surface area contributed by atoms with Crippen LogP contribution in [0.3, 0.4) is 0 Å². The van der Waals surface area contributed by atoms with Crippen molar-refractivity contribution in [2.75, 3.05) is 0 Å². The molecular formula is C11H16N2OS. The van der Waals surface area contributed by atoms with Crippen LogP contribution in [0.15, 0.2) is 5.38 Å². The van der Waals surface area contributed by atoms with E-state index in [0.29, 0.717) is 12.5 Å².